The largest absolute Gasteiger partial charge is 0.480 e. The summed E-state index contributed by atoms with van der Waals surface area (Å²) in [4.78, 5) is 10.8. The van der Waals surface area contributed by atoms with Crippen LogP contribution in [0.3, 0.4) is 0 Å². The lowest BCUT2D eigenvalue weighted by molar-refractivity contribution is -0.142. The Morgan fingerprint density at radius 2 is 2.11 bits per heavy atom. The van der Waals surface area contributed by atoms with Gasteiger partial charge < -0.3 is 10.8 Å². The van der Waals surface area contributed by atoms with Gasteiger partial charge in [0.1, 0.15) is 5.54 Å². The van der Waals surface area contributed by atoms with Crippen molar-refractivity contribution in [3.05, 3.63) is 15.9 Å². The van der Waals surface area contributed by atoms with E-state index in [4.69, 9.17) is 10.8 Å². The van der Waals surface area contributed by atoms with Crippen LogP contribution >= 0.6 is 15.9 Å². The first-order valence-corrected chi connectivity index (χ1v) is 6.77. The number of carboxylic acids is 1. The number of nitrogens with zero attached hydrogens (tertiary/aromatic N) is 2. The average Bonchev–Trinajstić information content (AvgIpc) is 2.52. The number of nitrogens with two attached hydrogens (primary N) is 1. The van der Waals surface area contributed by atoms with Crippen molar-refractivity contribution < 1.29 is 9.90 Å². The Hall–Kier alpha value is -0.880. The summed E-state index contributed by atoms with van der Waals surface area (Å²) in [5, 5.41) is 13.3. The van der Waals surface area contributed by atoms with Gasteiger partial charge in [0.25, 0.3) is 0 Å². The summed E-state index contributed by atoms with van der Waals surface area (Å²) in [7, 11) is 0. The van der Waals surface area contributed by atoms with Crippen LogP contribution in [0.15, 0.2) is 4.47 Å². The molecule has 1 aromatic heterocycles. The molecule has 3 N–H and O–H groups in total. The third-order valence-electron chi connectivity index (χ3n) is 3.10. The zero-order valence-electron chi connectivity index (χ0n) is 11.0. The van der Waals surface area contributed by atoms with Gasteiger partial charge in [0.05, 0.1) is 10.2 Å². The van der Waals surface area contributed by atoms with E-state index >= 15 is 0 Å². The highest BCUT2D eigenvalue weighted by Gasteiger charge is 2.26. The van der Waals surface area contributed by atoms with Crippen LogP contribution in [0.4, 0.5) is 0 Å². The van der Waals surface area contributed by atoms with Crippen molar-refractivity contribution in [2.75, 3.05) is 0 Å². The first-order chi connectivity index (χ1) is 8.25. The normalized spacial score (nSPS) is 14.5. The molecule has 1 rings (SSSR count). The molecule has 0 spiro atoms. The molecule has 1 atom stereocenters. The van der Waals surface area contributed by atoms with Crippen molar-refractivity contribution in [2.24, 2.45) is 5.73 Å². The maximum atomic E-state index is 10.8. The van der Waals surface area contributed by atoms with Crippen molar-refractivity contribution in [2.45, 2.75) is 52.1 Å². The first kappa shape index (κ1) is 15.2. The van der Waals surface area contributed by atoms with E-state index in [9.17, 15) is 4.79 Å². The lowest BCUT2D eigenvalue weighted by Gasteiger charge is -2.18. The predicted molar refractivity (Wildman–Crippen MR) is 73.5 cm³/mol. The second-order valence-corrected chi connectivity index (χ2v) is 5.68. The van der Waals surface area contributed by atoms with Gasteiger partial charge in [-0.15, -0.1) is 0 Å². The molecule has 0 radical (unpaired) electrons. The highest BCUT2D eigenvalue weighted by atomic mass is 79.9. The minimum absolute atomic E-state index is 0.475. The lowest BCUT2D eigenvalue weighted by Crippen LogP contribution is -2.44. The zero-order valence-corrected chi connectivity index (χ0v) is 12.6. The topological polar surface area (TPSA) is 81.1 Å². The van der Waals surface area contributed by atoms with Gasteiger partial charge in [0.15, 0.2) is 0 Å². The van der Waals surface area contributed by atoms with Gasteiger partial charge in [0.2, 0.25) is 0 Å². The zero-order chi connectivity index (χ0) is 13.9. The molecule has 0 saturated heterocycles. The molecule has 0 aliphatic heterocycles. The number of carboxylic acid groups (broad SMARTS) is 1. The Bertz CT molecular complexity index is 441. The van der Waals surface area contributed by atoms with Crippen LogP contribution in [-0.4, -0.2) is 26.4 Å². The van der Waals surface area contributed by atoms with E-state index in [0.29, 0.717) is 6.42 Å². The second-order valence-electron chi connectivity index (χ2n) is 4.89. The maximum absolute atomic E-state index is 10.8. The summed E-state index contributed by atoms with van der Waals surface area (Å²) in [6.07, 6.45) is 2.12. The van der Waals surface area contributed by atoms with Crippen molar-refractivity contribution in [3.8, 4) is 0 Å². The van der Waals surface area contributed by atoms with Crippen molar-refractivity contribution in [1.29, 1.82) is 0 Å². The molecule has 0 aromatic carbocycles. The molecule has 0 aliphatic rings. The van der Waals surface area contributed by atoms with E-state index < -0.39 is 11.5 Å². The Morgan fingerprint density at radius 3 is 2.56 bits per heavy atom. The molecule has 1 aromatic rings. The molecule has 0 aliphatic carbocycles. The van der Waals surface area contributed by atoms with Crippen LogP contribution in [0, 0.1) is 13.8 Å². The fourth-order valence-electron chi connectivity index (χ4n) is 1.75. The molecule has 6 heteroatoms. The predicted octanol–water partition coefficient (Wildman–Crippen LogP) is 2.23. The molecule has 0 amide bonds. The summed E-state index contributed by atoms with van der Waals surface area (Å²) in [5.41, 5.74) is 6.61. The van der Waals surface area contributed by atoms with Gasteiger partial charge in [0, 0.05) is 12.2 Å². The molecule has 1 unspecified atom stereocenters. The monoisotopic (exact) mass is 317 g/mol. The first-order valence-electron chi connectivity index (χ1n) is 5.97. The van der Waals surface area contributed by atoms with E-state index in [1.165, 1.54) is 0 Å². The molecule has 0 saturated carbocycles. The minimum Gasteiger partial charge on any atom is -0.480 e. The van der Waals surface area contributed by atoms with E-state index in [2.05, 4.69) is 21.0 Å². The molecule has 1 heterocycles. The van der Waals surface area contributed by atoms with Crippen LogP contribution in [0.5, 0.6) is 0 Å². The van der Waals surface area contributed by atoms with Crippen LogP contribution in [-0.2, 0) is 11.3 Å². The van der Waals surface area contributed by atoms with Crippen LogP contribution in [0.1, 0.15) is 37.6 Å². The Morgan fingerprint density at radius 1 is 1.50 bits per heavy atom. The number of rotatable bonds is 6. The van der Waals surface area contributed by atoms with Gasteiger partial charge in [-0.1, -0.05) is 0 Å². The van der Waals surface area contributed by atoms with Crippen LogP contribution in [0.2, 0.25) is 0 Å². The fraction of sp³-hybridized carbons (Fsp3) is 0.667. The lowest BCUT2D eigenvalue weighted by atomic mass is 9.96. The van der Waals surface area contributed by atoms with E-state index in [-0.39, 0.29) is 0 Å². The molecular formula is C12H20BrN3O2. The van der Waals surface area contributed by atoms with Crippen molar-refractivity contribution >= 4 is 21.9 Å². The number of hydrogen-bond donors (Lipinski definition) is 2. The molecule has 5 nitrogen and oxygen atoms in total. The number of aryl methyl sites for hydroxylation is 2. The summed E-state index contributed by atoms with van der Waals surface area (Å²) >= 11 is 3.48. The van der Waals surface area contributed by atoms with Gasteiger partial charge in [-0.3, -0.25) is 9.48 Å². The number of carbonyl (C=O) groups is 1. The molecule has 0 bridgehead atoms. The summed E-state index contributed by atoms with van der Waals surface area (Å²) < 4.78 is 2.98. The van der Waals surface area contributed by atoms with Gasteiger partial charge >= 0.3 is 5.97 Å². The number of halogens is 1. The number of hydrogen-bond acceptors (Lipinski definition) is 3. The van der Waals surface area contributed by atoms with E-state index in [1.807, 2.05) is 18.5 Å². The summed E-state index contributed by atoms with van der Waals surface area (Å²) in [6.45, 7) is 6.30. The summed E-state index contributed by atoms with van der Waals surface area (Å²) in [5.74, 6) is -0.948. The van der Waals surface area contributed by atoms with Gasteiger partial charge in [-0.05, 0) is 56.0 Å². The average molecular weight is 318 g/mol. The molecule has 18 heavy (non-hydrogen) atoms. The standard InChI is InChI=1S/C12H20BrN3O2/c1-8-10(13)9(2)16(15-8)7-5-4-6-12(3,14)11(17)18/h4-7,14H2,1-3H3,(H,17,18). The highest BCUT2D eigenvalue weighted by Crippen LogP contribution is 2.20. The molecular weight excluding hydrogens is 298 g/mol. The molecule has 102 valence electrons. The number of unbranched alkanes of at least 4 members (excludes halogenated alkanes) is 1. The third kappa shape index (κ3) is 3.55. The quantitative estimate of drug-likeness (QED) is 0.788. The van der Waals surface area contributed by atoms with Gasteiger partial charge in [-0.25, -0.2) is 0 Å². The van der Waals surface area contributed by atoms with Gasteiger partial charge in [-0.2, -0.15) is 5.10 Å². The Labute approximate surface area is 115 Å². The fourth-order valence-corrected chi connectivity index (χ4v) is 2.04. The molecule has 0 fully saturated rings. The number of aromatic nitrogens is 2. The smallest absolute Gasteiger partial charge is 0.323 e. The van der Waals surface area contributed by atoms with Crippen molar-refractivity contribution in [3.63, 3.8) is 0 Å². The van der Waals surface area contributed by atoms with E-state index in [0.717, 1.165) is 35.2 Å². The minimum atomic E-state index is -1.13. The highest BCUT2D eigenvalue weighted by molar-refractivity contribution is 9.10. The van der Waals surface area contributed by atoms with Crippen LogP contribution in [0.25, 0.3) is 0 Å². The third-order valence-corrected chi connectivity index (χ3v) is 4.25. The SMILES string of the molecule is Cc1nn(CCCCC(C)(N)C(=O)O)c(C)c1Br. The maximum Gasteiger partial charge on any atom is 0.323 e. The number of aliphatic carboxylic acids is 1. The Balaban J connectivity index is 2.43. The second kappa shape index (κ2) is 5.84. The van der Waals surface area contributed by atoms with Crippen LogP contribution < -0.4 is 5.73 Å². The van der Waals surface area contributed by atoms with Crippen molar-refractivity contribution in [1.82, 2.24) is 9.78 Å². The Kier molecular flexibility index (Phi) is 4.92. The summed E-state index contributed by atoms with van der Waals surface area (Å²) in [6, 6.07) is 0. The van der Waals surface area contributed by atoms with E-state index in [1.54, 1.807) is 6.92 Å².